The van der Waals surface area contributed by atoms with Gasteiger partial charge in [-0.2, -0.15) is 5.10 Å². The number of anilines is 1. The third-order valence-corrected chi connectivity index (χ3v) is 6.31. The molecule has 1 saturated heterocycles. The van der Waals surface area contributed by atoms with Crippen molar-refractivity contribution < 1.29 is 23.0 Å². The third-order valence-electron chi connectivity index (χ3n) is 5.99. The van der Waals surface area contributed by atoms with Crippen LogP contribution in [0.3, 0.4) is 0 Å². The molecule has 0 saturated carbocycles. The van der Waals surface area contributed by atoms with Gasteiger partial charge in [0.2, 0.25) is 0 Å². The average Bonchev–Trinajstić information content (AvgIpc) is 2.86. The largest absolute Gasteiger partial charge is 0.382 e. The summed E-state index contributed by atoms with van der Waals surface area (Å²) >= 11 is 6.24. The molecule has 1 aliphatic rings. The lowest BCUT2D eigenvalue weighted by Gasteiger charge is -2.29. The number of aliphatic hydroxyl groups excluding tert-OH is 1. The number of morpholine rings is 1. The van der Waals surface area contributed by atoms with Crippen LogP contribution in [0.2, 0.25) is 5.02 Å². The molecule has 0 spiro atoms. The standard InChI is InChI=1S/C24H19ClF3N5O2/c1-12-22(30-3-2-29-12)24(34)14-8-13(17(26)9-16(14)25)15-11-31-32-23-20(15)18(27)10-19(21(23)28)33-4-6-35-7-5-33/h2-3,8-11,24,34H,4-7H2,1H3/t24-/m1/s1. The fraction of sp³-hybridized carbons (Fsp3) is 0.250. The first-order valence-electron chi connectivity index (χ1n) is 10.8. The second kappa shape index (κ2) is 9.37. The van der Waals surface area contributed by atoms with Crippen molar-refractivity contribution in [3.8, 4) is 11.1 Å². The minimum Gasteiger partial charge on any atom is -0.382 e. The van der Waals surface area contributed by atoms with Gasteiger partial charge in [0, 0.05) is 53.3 Å². The van der Waals surface area contributed by atoms with Crippen LogP contribution >= 0.6 is 11.6 Å². The molecule has 11 heteroatoms. The van der Waals surface area contributed by atoms with Crippen LogP contribution in [0.5, 0.6) is 0 Å². The summed E-state index contributed by atoms with van der Waals surface area (Å²) in [4.78, 5) is 9.90. The van der Waals surface area contributed by atoms with E-state index in [0.29, 0.717) is 32.0 Å². The molecule has 0 unspecified atom stereocenters. The van der Waals surface area contributed by atoms with Crippen molar-refractivity contribution in [3.05, 3.63) is 76.2 Å². The summed E-state index contributed by atoms with van der Waals surface area (Å²) in [5.41, 5.74) is 0.378. The van der Waals surface area contributed by atoms with Gasteiger partial charge in [0.1, 0.15) is 23.3 Å². The Morgan fingerprint density at radius 2 is 1.77 bits per heavy atom. The van der Waals surface area contributed by atoms with Gasteiger partial charge in [0.15, 0.2) is 5.82 Å². The van der Waals surface area contributed by atoms with E-state index >= 15 is 13.2 Å². The van der Waals surface area contributed by atoms with Gasteiger partial charge in [-0.3, -0.25) is 9.97 Å². The molecule has 0 amide bonds. The summed E-state index contributed by atoms with van der Waals surface area (Å²) in [5, 5.41) is 18.2. The van der Waals surface area contributed by atoms with Gasteiger partial charge in [0.25, 0.3) is 0 Å². The summed E-state index contributed by atoms with van der Waals surface area (Å²) in [6.45, 7) is 3.22. The number of ether oxygens (including phenoxy) is 1. The molecule has 0 radical (unpaired) electrons. The predicted molar refractivity (Wildman–Crippen MR) is 124 cm³/mol. The fourth-order valence-corrected chi connectivity index (χ4v) is 4.47. The molecule has 1 aliphatic heterocycles. The van der Waals surface area contributed by atoms with Gasteiger partial charge in [-0.05, 0) is 19.1 Å². The first-order valence-corrected chi connectivity index (χ1v) is 11.2. The van der Waals surface area contributed by atoms with Crippen LogP contribution in [-0.4, -0.2) is 51.6 Å². The summed E-state index contributed by atoms with van der Waals surface area (Å²) in [6.07, 6.45) is 2.70. The Morgan fingerprint density at radius 1 is 1.03 bits per heavy atom. The lowest BCUT2D eigenvalue weighted by Crippen LogP contribution is -2.36. The monoisotopic (exact) mass is 501 g/mol. The van der Waals surface area contributed by atoms with Crippen LogP contribution in [0.25, 0.3) is 22.0 Å². The Bertz CT molecular complexity index is 1430. The number of hydrogen-bond acceptors (Lipinski definition) is 7. The summed E-state index contributed by atoms with van der Waals surface area (Å²) in [6, 6.07) is 3.35. The fourth-order valence-electron chi connectivity index (χ4n) is 4.21. The van der Waals surface area contributed by atoms with Crippen molar-refractivity contribution in [2.75, 3.05) is 31.2 Å². The SMILES string of the molecule is Cc1nccnc1[C@H](O)c1cc(-c2cnnc3c(F)c(N4CCOCC4)cc(F)c23)c(F)cc1Cl. The summed E-state index contributed by atoms with van der Waals surface area (Å²) in [7, 11) is 0. The normalized spacial score (nSPS) is 15.0. The molecule has 2 aromatic carbocycles. The zero-order valence-electron chi connectivity index (χ0n) is 18.5. The van der Waals surface area contributed by atoms with E-state index in [1.165, 1.54) is 18.5 Å². The second-order valence-corrected chi connectivity index (χ2v) is 8.46. The smallest absolute Gasteiger partial charge is 0.174 e. The number of aryl methyl sites for hydroxylation is 1. The van der Waals surface area contributed by atoms with E-state index < -0.39 is 23.6 Å². The number of rotatable bonds is 4. The molecule has 0 aliphatic carbocycles. The van der Waals surface area contributed by atoms with E-state index in [2.05, 4.69) is 20.2 Å². The van der Waals surface area contributed by atoms with Crippen molar-refractivity contribution in [3.63, 3.8) is 0 Å². The maximum Gasteiger partial charge on any atom is 0.174 e. The molecule has 0 bridgehead atoms. The van der Waals surface area contributed by atoms with E-state index in [-0.39, 0.29) is 44.0 Å². The Hall–Kier alpha value is -3.34. The van der Waals surface area contributed by atoms with Crippen LogP contribution in [-0.2, 0) is 4.74 Å². The molecule has 7 nitrogen and oxygen atoms in total. The first-order chi connectivity index (χ1) is 16.9. The van der Waals surface area contributed by atoms with Crippen LogP contribution in [0, 0.1) is 24.4 Å². The lowest BCUT2D eigenvalue weighted by atomic mass is 9.96. The van der Waals surface area contributed by atoms with E-state index in [1.54, 1.807) is 11.8 Å². The zero-order chi connectivity index (χ0) is 24.7. The molecule has 4 aromatic rings. The molecule has 5 rings (SSSR count). The van der Waals surface area contributed by atoms with Crippen molar-refractivity contribution >= 4 is 28.2 Å². The third kappa shape index (κ3) is 4.18. The molecule has 1 atom stereocenters. The number of aliphatic hydroxyl groups is 1. The van der Waals surface area contributed by atoms with Crippen molar-refractivity contribution in [1.82, 2.24) is 20.2 Å². The highest BCUT2D eigenvalue weighted by Gasteiger charge is 2.26. The second-order valence-electron chi connectivity index (χ2n) is 8.06. The molecular weight excluding hydrogens is 483 g/mol. The van der Waals surface area contributed by atoms with E-state index in [0.717, 1.165) is 18.3 Å². The van der Waals surface area contributed by atoms with Crippen molar-refractivity contribution in [1.29, 1.82) is 0 Å². The number of halogens is 4. The highest BCUT2D eigenvalue weighted by Crippen LogP contribution is 2.39. The Balaban J connectivity index is 1.67. The van der Waals surface area contributed by atoms with Gasteiger partial charge in [-0.25, -0.2) is 13.2 Å². The van der Waals surface area contributed by atoms with Gasteiger partial charge in [0.05, 0.1) is 41.9 Å². The minimum absolute atomic E-state index is 0.0292. The molecule has 3 heterocycles. The molecule has 180 valence electrons. The Labute approximate surface area is 203 Å². The average molecular weight is 502 g/mol. The predicted octanol–water partition coefficient (Wildman–Crippen LogP) is 4.38. The van der Waals surface area contributed by atoms with E-state index in [9.17, 15) is 5.11 Å². The van der Waals surface area contributed by atoms with Gasteiger partial charge < -0.3 is 14.7 Å². The minimum atomic E-state index is -1.33. The topological polar surface area (TPSA) is 84.3 Å². The van der Waals surface area contributed by atoms with Crippen LogP contribution in [0.1, 0.15) is 23.1 Å². The number of aromatic nitrogens is 4. The molecular formula is C24H19ClF3N5O2. The van der Waals surface area contributed by atoms with Crippen LogP contribution in [0.4, 0.5) is 18.9 Å². The Kier molecular flexibility index (Phi) is 6.26. The van der Waals surface area contributed by atoms with Gasteiger partial charge in [-0.15, -0.1) is 5.10 Å². The quantitative estimate of drug-likeness (QED) is 0.444. The van der Waals surface area contributed by atoms with E-state index in [1.807, 2.05) is 0 Å². The first kappa shape index (κ1) is 23.4. The summed E-state index contributed by atoms with van der Waals surface area (Å²) < 4.78 is 51.2. The molecule has 1 N–H and O–H groups in total. The number of hydrogen-bond donors (Lipinski definition) is 1. The zero-order valence-corrected chi connectivity index (χ0v) is 19.2. The number of nitrogens with zero attached hydrogens (tertiary/aromatic N) is 5. The molecule has 2 aromatic heterocycles. The Morgan fingerprint density at radius 3 is 2.51 bits per heavy atom. The van der Waals surface area contributed by atoms with Crippen molar-refractivity contribution in [2.24, 2.45) is 0 Å². The maximum atomic E-state index is 15.4. The maximum absolute atomic E-state index is 15.4. The molecule has 35 heavy (non-hydrogen) atoms. The lowest BCUT2D eigenvalue weighted by molar-refractivity contribution is 0.122. The summed E-state index contributed by atoms with van der Waals surface area (Å²) in [5.74, 6) is -2.34. The van der Waals surface area contributed by atoms with Gasteiger partial charge >= 0.3 is 0 Å². The van der Waals surface area contributed by atoms with Crippen molar-refractivity contribution in [2.45, 2.75) is 13.0 Å². The molecule has 1 fully saturated rings. The van der Waals surface area contributed by atoms with Crippen LogP contribution < -0.4 is 4.90 Å². The number of fused-ring (bicyclic) bond motifs is 1. The van der Waals surface area contributed by atoms with Crippen LogP contribution in [0.15, 0.2) is 36.8 Å². The van der Waals surface area contributed by atoms with Gasteiger partial charge in [-0.1, -0.05) is 11.6 Å². The number of benzene rings is 2. The van der Waals surface area contributed by atoms with E-state index in [4.69, 9.17) is 16.3 Å². The highest BCUT2D eigenvalue weighted by atomic mass is 35.5. The highest BCUT2D eigenvalue weighted by molar-refractivity contribution is 6.31.